The van der Waals surface area contributed by atoms with Crippen LogP contribution < -0.4 is 5.73 Å². The summed E-state index contributed by atoms with van der Waals surface area (Å²) < 4.78 is 2.01. The standard InChI is InChI=1S/C12H15N3/c1-2-11(13)15-9-8-14-12(15)10-6-4-3-5-7-10/h3-9,11H,2,13H2,1H3. The molecule has 0 radical (unpaired) electrons. The highest BCUT2D eigenvalue weighted by molar-refractivity contribution is 5.55. The normalized spacial score (nSPS) is 12.7. The van der Waals surface area contributed by atoms with Crippen molar-refractivity contribution in [1.29, 1.82) is 0 Å². The average Bonchev–Trinajstić information content (AvgIpc) is 2.78. The molecule has 0 spiro atoms. The first-order valence-electron chi connectivity index (χ1n) is 5.16. The summed E-state index contributed by atoms with van der Waals surface area (Å²) in [4.78, 5) is 4.34. The zero-order chi connectivity index (χ0) is 10.7. The van der Waals surface area contributed by atoms with Gasteiger partial charge in [0.2, 0.25) is 0 Å². The van der Waals surface area contributed by atoms with E-state index in [-0.39, 0.29) is 6.17 Å². The maximum atomic E-state index is 6.00. The van der Waals surface area contributed by atoms with Crippen LogP contribution in [-0.2, 0) is 0 Å². The van der Waals surface area contributed by atoms with Crippen molar-refractivity contribution in [3.8, 4) is 11.4 Å². The van der Waals surface area contributed by atoms with Crippen molar-refractivity contribution in [1.82, 2.24) is 9.55 Å². The summed E-state index contributed by atoms with van der Waals surface area (Å²) in [6, 6.07) is 10.1. The molecule has 0 amide bonds. The molecule has 2 rings (SSSR count). The molecule has 2 N–H and O–H groups in total. The molecule has 3 heteroatoms. The molecule has 3 nitrogen and oxygen atoms in total. The third kappa shape index (κ3) is 1.92. The lowest BCUT2D eigenvalue weighted by atomic mass is 10.2. The number of imidazole rings is 1. The van der Waals surface area contributed by atoms with Gasteiger partial charge < -0.3 is 10.3 Å². The van der Waals surface area contributed by atoms with Crippen molar-refractivity contribution in [2.24, 2.45) is 5.73 Å². The van der Waals surface area contributed by atoms with Gasteiger partial charge in [-0.05, 0) is 6.42 Å². The molecule has 0 saturated carbocycles. The zero-order valence-electron chi connectivity index (χ0n) is 8.80. The molecule has 1 aromatic heterocycles. The van der Waals surface area contributed by atoms with Gasteiger partial charge in [-0.2, -0.15) is 0 Å². The highest BCUT2D eigenvalue weighted by Gasteiger charge is 2.09. The lowest BCUT2D eigenvalue weighted by Crippen LogP contribution is -2.17. The van der Waals surface area contributed by atoms with Gasteiger partial charge in [0.1, 0.15) is 5.82 Å². The summed E-state index contributed by atoms with van der Waals surface area (Å²) in [6.07, 6.45) is 4.62. The molecule has 1 aromatic carbocycles. The van der Waals surface area contributed by atoms with Crippen LogP contribution >= 0.6 is 0 Å². The van der Waals surface area contributed by atoms with Crippen molar-refractivity contribution in [3.05, 3.63) is 42.7 Å². The van der Waals surface area contributed by atoms with E-state index in [1.165, 1.54) is 0 Å². The van der Waals surface area contributed by atoms with E-state index in [2.05, 4.69) is 11.9 Å². The topological polar surface area (TPSA) is 43.8 Å². The maximum Gasteiger partial charge on any atom is 0.141 e. The minimum absolute atomic E-state index is 0.00251. The summed E-state index contributed by atoms with van der Waals surface area (Å²) >= 11 is 0. The number of rotatable bonds is 3. The van der Waals surface area contributed by atoms with Crippen LogP contribution in [0.2, 0.25) is 0 Å². The Morgan fingerprint density at radius 2 is 2.07 bits per heavy atom. The fourth-order valence-corrected chi connectivity index (χ4v) is 1.59. The molecule has 0 aliphatic carbocycles. The Morgan fingerprint density at radius 3 is 2.73 bits per heavy atom. The van der Waals surface area contributed by atoms with Gasteiger partial charge in [0.15, 0.2) is 0 Å². The summed E-state index contributed by atoms with van der Waals surface area (Å²) in [7, 11) is 0. The first-order chi connectivity index (χ1) is 7.33. The second-order valence-electron chi connectivity index (χ2n) is 3.50. The zero-order valence-corrected chi connectivity index (χ0v) is 8.80. The third-order valence-electron chi connectivity index (χ3n) is 2.48. The largest absolute Gasteiger partial charge is 0.315 e. The predicted molar refractivity (Wildman–Crippen MR) is 61.2 cm³/mol. The fraction of sp³-hybridized carbons (Fsp3) is 0.250. The Morgan fingerprint density at radius 1 is 1.33 bits per heavy atom. The van der Waals surface area contributed by atoms with Crippen molar-refractivity contribution in [3.63, 3.8) is 0 Å². The van der Waals surface area contributed by atoms with Gasteiger partial charge in [-0.3, -0.25) is 0 Å². The van der Waals surface area contributed by atoms with Gasteiger partial charge in [-0.1, -0.05) is 37.3 Å². The quantitative estimate of drug-likeness (QED) is 0.828. The molecule has 1 atom stereocenters. The Balaban J connectivity index is 2.41. The van der Waals surface area contributed by atoms with E-state index >= 15 is 0 Å². The number of nitrogens with zero attached hydrogens (tertiary/aromatic N) is 2. The summed E-state index contributed by atoms with van der Waals surface area (Å²) in [5, 5.41) is 0. The molecule has 15 heavy (non-hydrogen) atoms. The van der Waals surface area contributed by atoms with E-state index in [1.807, 2.05) is 41.1 Å². The van der Waals surface area contributed by atoms with Gasteiger partial charge in [0.05, 0.1) is 6.17 Å². The van der Waals surface area contributed by atoms with Crippen LogP contribution in [-0.4, -0.2) is 9.55 Å². The molecule has 0 bridgehead atoms. The highest BCUT2D eigenvalue weighted by Crippen LogP contribution is 2.19. The summed E-state index contributed by atoms with van der Waals surface area (Å²) in [5.74, 6) is 0.935. The second-order valence-corrected chi connectivity index (χ2v) is 3.50. The smallest absolute Gasteiger partial charge is 0.141 e. The number of benzene rings is 1. The van der Waals surface area contributed by atoms with E-state index in [0.717, 1.165) is 17.8 Å². The molecule has 1 unspecified atom stereocenters. The first-order valence-corrected chi connectivity index (χ1v) is 5.16. The monoisotopic (exact) mass is 201 g/mol. The van der Waals surface area contributed by atoms with Crippen LogP contribution in [0.15, 0.2) is 42.7 Å². The SMILES string of the molecule is CCC(N)n1ccnc1-c1ccccc1. The van der Waals surface area contributed by atoms with E-state index in [4.69, 9.17) is 5.73 Å². The molecular weight excluding hydrogens is 186 g/mol. The minimum atomic E-state index is 0.00251. The van der Waals surface area contributed by atoms with Crippen LogP contribution in [0, 0.1) is 0 Å². The lowest BCUT2D eigenvalue weighted by molar-refractivity contribution is 0.510. The lowest BCUT2D eigenvalue weighted by Gasteiger charge is -2.14. The Hall–Kier alpha value is -1.61. The van der Waals surface area contributed by atoms with E-state index in [0.29, 0.717) is 0 Å². The van der Waals surface area contributed by atoms with E-state index < -0.39 is 0 Å². The van der Waals surface area contributed by atoms with Gasteiger partial charge >= 0.3 is 0 Å². The number of nitrogens with two attached hydrogens (primary N) is 1. The number of hydrogen-bond donors (Lipinski definition) is 1. The molecule has 0 saturated heterocycles. The molecule has 0 aliphatic rings. The first kappa shape index (κ1) is 9.93. The van der Waals surface area contributed by atoms with E-state index in [9.17, 15) is 0 Å². The van der Waals surface area contributed by atoms with Gasteiger partial charge in [0.25, 0.3) is 0 Å². The fourth-order valence-electron chi connectivity index (χ4n) is 1.59. The number of hydrogen-bond acceptors (Lipinski definition) is 2. The molecule has 0 fully saturated rings. The highest BCUT2D eigenvalue weighted by atomic mass is 15.1. The molecular formula is C12H15N3. The summed E-state index contributed by atoms with van der Waals surface area (Å²) in [5.41, 5.74) is 7.10. The maximum absolute atomic E-state index is 6.00. The van der Waals surface area contributed by atoms with Crippen molar-refractivity contribution in [2.75, 3.05) is 0 Å². The Bertz CT molecular complexity index is 419. The molecule has 0 aliphatic heterocycles. The van der Waals surface area contributed by atoms with Crippen LogP contribution in [0.25, 0.3) is 11.4 Å². The molecule has 78 valence electrons. The average molecular weight is 201 g/mol. The van der Waals surface area contributed by atoms with E-state index in [1.54, 1.807) is 6.20 Å². The Labute approximate surface area is 89.6 Å². The molecule has 1 heterocycles. The second kappa shape index (κ2) is 4.28. The Kier molecular flexibility index (Phi) is 2.83. The number of aromatic nitrogens is 2. The van der Waals surface area contributed by atoms with Crippen molar-refractivity contribution in [2.45, 2.75) is 19.5 Å². The van der Waals surface area contributed by atoms with Crippen LogP contribution in [0.1, 0.15) is 19.5 Å². The van der Waals surface area contributed by atoms with Crippen LogP contribution in [0.4, 0.5) is 0 Å². The van der Waals surface area contributed by atoms with Crippen LogP contribution in [0.3, 0.4) is 0 Å². The third-order valence-corrected chi connectivity index (χ3v) is 2.48. The van der Waals surface area contributed by atoms with Crippen LogP contribution in [0.5, 0.6) is 0 Å². The van der Waals surface area contributed by atoms with Gasteiger partial charge in [-0.25, -0.2) is 4.98 Å². The van der Waals surface area contributed by atoms with Crippen molar-refractivity contribution < 1.29 is 0 Å². The molecule has 2 aromatic rings. The van der Waals surface area contributed by atoms with Crippen molar-refractivity contribution >= 4 is 0 Å². The predicted octanol–water partition coefficient (Wildman–Crippen LogP) is 2.42. The summed E-state index contributed by atoms with van der Waals surface area (Å²) in [6.45, 7) is 2.07. The van der Waals surface area contributed by atoms with Gasteiger partial charge in [-0.15, -0.1) is 0 Å². The van der Waals surface area contributed by atoms with Gasteiger partial charge in [0, 0.05) is 18.0 Å². The minimum Gasteiger partial charge on any atom is -0.315 e.